The monoisotopic (exact) mass is 298 g/mol. The Hall–Kier alpha value is -2.27. The second-order valence-electron chi connectivity index (χ2n) is 6.17. The second-order valence-corrected chi connectivity index (χ2v) is 6.17. The second kappa shape index (κ2) is 4.88. The van der Waals surface area contributed by atoms with E-state index >= 15 is 0 Å². The maximum Gasteiger partial charge on any atom is 0.270 e. The van der Waals surface area contributed by atoms with Crippen molar-refractivity contribution in [3.63, 3.8) is 0 Å². The smallest absolute Gasteiger partial charge is 0.270 e. The number of aliphatic hydroxyl groups is 1. The number of H-pyrrole nitrogens is 1. The van der Waals surface area contributed by atoms with Crippen LogP contribution in [-0.4, -0.2) is 47.2 Å². The predicted molar refractivity (Wildman–Crippen MR) is 80.9 cm³/mol. The Bertz CT molecular complexity index is 698. The average Bonchev–Trinajstić information content (AvgIpc) is 3.22. The Kier molecular flexibility index (Phi) is 2.97. The minimum Gasteiger partial charge on any atom is -0.493 e. The number of hydrogen-bond donors (Lipinski definition) is 2. The molecule has 0 saturated carbocycles. The number of nitrogens with one attached hydrogen (secondary N) is 1. The van der Waals surface area contributed by atoms with E-state index in [-0.39, 0.29) is 18.4 Å². The lowest BCUT2D eigenvalue weighted by molar-refractivity contribution is 0.0439. The summed E-state index contributed by atoms with van der Waals surface area (Å²) in [5.41, 5.74) is 1.27. The third-order valence-electron chi connectivity index (χ3n) is 4.89. The number of para-hydroxylation sites is 1. The van der Waals surface area contributed by atoms with Crippen molar-refractivity contribution in [1.82, 2.24) is 9.88 Å². The molecule has 2 aliphatic heterocycles. The molecule has 1 aromatic heterocycles. The molecule has 1 aromatic carbocycles. The number of hydrogen-bond acceptors (Lipinski definition) is 3. The summed E-state index contributed by atoms with van der Waals surface area (Å²) in [4.78, 5) is 17.4. The number of likely N-dealkylation sites (tertiary alicyclic amines) is 1. The van der Waals surface area contributed by atoms with Crippen LogP contribution < -0.4 is 4.74 Å². The van der Waals surface area contributed by atoms with E-state index < -0.39 is 5.41 Å². The van der Waals surface area contributed by atoms with Crippen LogP contribution in [0.5, 0.6) is 5.75 Å². The number of amides is 1. The highest BCUT2D eigenvalue weighted by atomic mass is 16.5. The maximum atomic E-state index is 12.6. The van der Waals surface area contributed by atoms with Gasteiger partial charge in [-0.15, -0.1) is 0 Å². The Morgan fingerprint density at radius 1 is 1.36 bits per heavy atom. The minimum absolute atomic E-state index is 0.0144. The molecule has 1 fully saturated rings. The minimum atomic E-state index is -0.406. The molecule has 0 bridgehead atoms. The molecule has 2 N–H and O–H groups in total. The SMILES string of the molecule is O=C(c1ccc[nH]1)N1C[C@H]2c3ccccc3OC[C@@]2(CO)C1. The van der Waals surface area contributed by atoms with E-state index in [4.69, 9.17) is 4.74 Å². The largest absolute Gasteiger partial charge is 0.493 e. The lowest BCUT2D eigenvalue weighted by Gasteiger charge is -2.37. The Morgan fingerprint density at radius 2 is 2.23 bits per heavy atom. The summed E-state index contributed by atoms with van der Waals surface area (Å²) in [5, 5.41) is 9.98. The van der Waals surface area contributed by atoms with Gasteiger partial charge >= 0.3 is 0 Å². The molecule has 0 aliphatic carbocycles. The maximum absolute atomic E-state index is 12.6. The number of aliphatic hydroxyl groups excluding tert-OH is 1. The summed E-state index contributed by atoms with van der Waals surface area (Å²) in [6.45, 7) is 1.58. The Balaban J connectivity index is 1.69. The Morgan fingerprint density at radius 3 is 3.00 bits per heavy atom. The molecule has 0 radical (unpaired) electrons. The van der Waals surface area contributed by atoms with E-state index in [1.165, 1.54) is 0 Å². The number of carbonyl (C=O) groups is 1. The summed E-state index contributed by atoms with van der Waals surface area (Å²) in [7, 11) is 0. The predicted octanol–water partition coefficient (Wildman–Crippen LogP) is 1.63. The molecule has 5 heteroatoms. The first kappa shape index (κ1) is 13.4. The fraction of sp³-hybridized carbons (Fsp3) is 0.353. The highest BCUT2D eigenvalue weighted by Crippen LogP contribution is 2.49. The van der Waals surface area contributed by atoms with Crippen molar-refractivity contribution in [3.8, 4) is 5.75 Å². The van der Waals surface area contributed by atoms with Crippen LogP contribution >= 0.6 is 0 Å². The molecular weight excluding hydrogens is 280 g/mol. The van der Waals surface area contributed by atoms with Crippen molar-refractivity contribution in [3.05, 3.63) is 53.9 Å². The molecule has 2 aromatic rings. The van der Waals surface area contributed by atoms with E-state index in [0.717, 1.165) is 11.3 Å². The van der Waals surface area contributed by atoms with Gasteiger partial charge in [0.15, 0.2) is 0 Å². The van der Waals surface area contributed by atoms with E-state index in [1.54, 1.807) is 12.3 Å². The zero-order valence-electron chi connectivity index (χ0n) is 12.2. The molecule has 1 saturated heterocycles. The fourth-order valence-electron chi connectivity index (χ4n) is 3.66. The van der Waals surface area contributed by atoms with E-state index in [0.29, 0.717) is 25.4 Å². The van der Waals surface area contributed by atoms with Crippen molar-refractivity contribution < 1.29 is 14.6 Å². The summed E-state index contributed by atoms with van der Waals surface area (Å²) >= 11 is 0. The first-order valence-corrected chi connectivity index (χ1v) is 7.49. The number of ether oxygens (including phenoxy) is 1. The van der Waals surface area contributed by atoms with E-state index in [1.807, 2.05) is 35.2 Å². The van der Waals surface area contributed by atoms with Gasteiger partial charge in [0.25, 0.3) is 5.91 Å². The van der Waals surface area contributed by atoms with Gasteiger partial charge in [-0.3, -0.25) is 4.79 Å². The number of benzene rings is 1. The van der Waals surface area contributed by atoms with Gasteiger partial charge in [-0.25, -0.2) is 0 Å². The molecule has 4 rings (SSSR count). The first-order valence-electron chi connectivity index (χ1n) is 7.49. The quantitative estimate of drug-likeness (QED) is 0.885. The normalized spacial score (nSPS) is 26.2. The highest BCUT2D eigenvalue weighted by Gasteiger charge is 2.52. The van der Waals surface area contributed by atoms with Crippen molar-refractivity contribution in [2.24, 2.45) is 5.41 Å². The van der Waals surface area contributed by atoms with E-state index in [9.17, 15) is 9.90 Å². The van der Waals surface area contributed by atoms with Crippen LogP contribution in [0.2, 0.25) is 0 Å². The van der Waals surface area contributed by atoms with Gasteiger partial charge in [-0.05, 0) is 23.8 Å². The van der Waals surface area contributed by atoms with Gasteiger partial charge < -0.3 is 19.7 Å². The van der Waals surface area contributed by atoms with Gasteiger partial charge in [-0.2, -0.15) is 0 Å². The molecular formula is C17H18N2O3. The first-order chi connectivity index (χ1) is 10.7. The van der Waals surface area contributed by atoms with Crippen LogP contribution in [0.1, 0.15) is 22.0 Å². The number of aromatic nitrogens is 1. The molecule has 5 nitrogen and oxygen atoms in total. The van der Waals surface area contributed by atoms with Crippen molar-refractivity contribution in [2.75, 3.05) is 26.3 Å². The Labute approximate surface area is 128 Å². The highest BCUT2D eigenvalue weighted by molar-refractivity contribution is 5.92. The van der Waals surface area contributed by atoms with Crippen molar-refractivity contribution in [1.29, 1.82) is 0 Å². The molecule has 3 heterocycles. The van der Waals surface area contributed by atoms with Gasteiger partial charge in [0.2, 0.25) is 0 Å². The molecule has 2 aliphatic rings. The van der Waals surface area contributed by atoms with Crippen LogP contribution in [0.4, 0.5) is 0 Å². The van der Waals surface area contributed by atoms with Crippen LogP contribution in [0.3, 0.4) is 0 Å². The topological polar surface area (TPSA) is 65.6 Å². The van der Waals surface area contributed by atoms with Gasteiger partial charge in [-0.1, -0.05) is 18.2 Å². The summed E-state index contributed by atoms with van der Waals surface area (Å²) < 4.78 is 5.84. The van der Waals surface area contributed by atoms with Crippen LogP contribution in [0.25, 0.3) is 0 Å². The number of carbonyl (C=O) groups excluding carboxylic acids is 1. The molecule has 0 spiro atoms. The fourth-order valence-corrected chi connectivity index (χ4v) is 3.66. The number of nitrogens with zero attached hydrogens (tertiary/aromatic N) is 1. The van der Waals surface area contributed by atoms with Crippen LogP contribution in [-0.2, 0) is 0 Å². The molecule has 2 atom stereocenters. The summed E-state index contributed by atoms with van der Waals surface area (Å²) in [6.07, 6.45) is 1.75. The third kappa shape index (κ3) is 1.85. The van der Waals surface area contributed by atoms with Crippen LogP contribution in [0.15, 0.2) is 42.6 Å². The molecule has 0 unspecified atom stereocenters. The van der Waals surface area contributed by atoms with Gasteiger partial charge in [0, 0.05) is 25.2 Å². The number of rotatable bonds is 2. The molecule has 1 amide bonds. The standard InChI is InChI=1S/C17H18N2O3/c20-10-17-9-19(16(21)14-5-3-7-18-14)8-13(17)12-4-1-2-6-15(12)22-11-17/h1-7,13,18,20H,8-11H2/t13-,17-/m0/s1. The average molecular weight is 298 g/mol. The van der Waals surface area contributed by atoms with Crippen molar-refractivity contribution >= 4 is 5.91 Å². The number of fused-ring (bicyclic) bond motifs is 3. The summed E-state index contributed by atoms with van der Waals surface area (Å²) in [5.74, 6) is 0.955. The zero-order valence-corrected chi connectivity index (χ0v) is 12.2. The van der Waals surface area contributed by atoms with Crippen LogP contribution in [0, 0.1) is 5.41 Å². The number of aromatic amines is 1. The van der Waals surface area contributed by atoms with E-state index in [2.05, 4.69) is 4.98 Å². The molecule has 114 valence electrons. The van der Waals surface area contributed by atoms with Gasteiger partial charge in [0.1, 0.15) is 11.4 Å². The third-order valence-corrected chi connectivity index (χ3v) is 4.89. The molecule has 22 heavy (non-hydrogen) atoms. The lowest BCUT2D eigenvalue weighted by atomic mass is 9.74. The zero-order chi connectivity index (χ0) is 15.2. The van der Waals surface area contributed by atoms with Gasteiger partial charge in [0.05, 0.1) is 18.6 Å². The lowest BCUT2D eigenvalue weighted by Crippen LogP contribution is -2.42. The van der Waals surface area contributed by atoms with Crippen molar-refractivity contribution in [2.45, 2.75) is 5.92 Å². The summed E-state index contributed by atoms with van der Waals surface area (Å²) in [6, 6.07) is 11.5.